The van der Waals surface area contributed by atoms with Gasteiger partial charge in [0.15, 0.2) is 0 Å². The second-order valence-electron chi connectivity index (χ2n) is 8.35. The Hall–Kier alpha value is -3.12. The van der Waals surface area contributed by atoms with Crippen LogP contribution in [0.4, 0.5) is 0 Å². The quantitative estimate of drug-likeness (QED) is 0.389. The number of aliphatic carboxylic acids is 1. The molecule has 0 saturated carbocycles. The van der Waals surface area contributed by atoms with Crippen LogP contribution in [0, 0.1) is 0 Å². The van der Waals surface area contributed by atoms with Gasteiger partial charge in [0.25, 0.3) is 0 Å². The first-order valence-corrected chi connectivity index (χ1v) is 10.9. The molecule has 1 unspecified atom stereocenters. The second kappa shape index (κ2) is 12.1. The van der Waals surface area contributed by atoms with Crippen molar-refractivity contribution in [3.63, 3.8) is 0 Å². The summed E-state index contributed by atoms with van der Waals surface area (Å²) in [5.74, 6) is -1.78. The van der Waals surface area contributed by atoms with Gasteiger partial charge in [-0.2, -0.15) is 0 Å². The summed E-state index contributed by atoms with van der Waals surface area (Å²) in [5, 5.41) is 19.3. The van der Waals surface area contributed by atoms with E-state index in [0.717, 1.165) is 41.8 Å². The van der Waals surface area contributed by atoms with E-state index in [4.69, 9.17) is 9.84 Å². The van der Waals surface area contributed by atoms with E-state index in [1.807, 2.05) is 24.3 Å². The highest BCUT2D eigenvalue weighted by Crippen LogP contribution is 2.35. The van der Waals surface area contributed by atoms with Gasteiger partial charge in [0.1, 0.15) is 12.4 Å². The third kappa shape index (κ3) is 7.54. The molecule has 0 aromatic heterocycles. The Labute approximate surface area is 190 Å². The van der Waals surface area contributed by atoms with Crippen LogP contribution in [0.15, 0.2) is 60.7 Å². The Morgan fingerprint density at radius 1 is 1.00 bits per heavy atom. The normalized spacial score (nSPS) is 12.6. The molecule has 0 aliphatic heterocycles. The maximum Gasteiger partial charge on any atom is 0.331 e. The minimum atomic E-state index is -1.21. The highest BCUT2D eigenvalue weighted by molar-refractivity contribution is 5.90. The molecular weight excluding hydrogens is 406 g/mol. The van der Waals surface area contributed by atoms with Crippen molar-refractivity contribution >= 4 is 11.9 Å². The number of esters is 1. The average Bonchev–Trinajstić information content (AvgIpc) is 2.75. The van der Waals surface area contributed by atoms with Crippen molar-refractivity contribution in [2.75, 3.05) is 6.54 Å². The molecule has 2 rings (SSSR count). The lowest BCUT2D eigenvalue weighted by Gasteiger charge is -2.32. The smallest absolute Gasteiger partial charge is 0.331 e. The van der Waals surface area contributed by atoms with Crippen LogP contribution in [0.1, 0.15) is 56.7 Å². The van der Waals surface area contributed by atoms with E-state index in [9.17, 15) is 14.7 Å². The van der Waals surface area contributed by atoms with Crippen LogP contribution in [0.25, 0.3) is 0 Å². The fourth-order valence-corrected chi connectivity index (χ4v) is 3.89. The molecule has 2 aromatic carbocycles. The van der Waals surface area contributed by atoms with Gasteiger partial charge in [-0.05, 0) is 63.9 Å². The van der Waals surface area contributed by atoms with Crippen molar-refractivity contribution < 1.29 is 24.5 Å². The molecule has 0 spiro atoms. The average molecular weight is 440 g/mol. The first kappa shape index (κ1) is 25.1. The van der Waals surface area contributed by atoms with Gasteiger partial charge in [0.2, 0.25) is 0 Å². The summed E-state index contributed by atoms with van der Waals surface area (Å²) in [4.78, 5) is 24.7. The zero-order valence-electron chi connectivity index (χ0n) is 19.2. The molecule has 0 heterocycles. The fourth-order valence-electron chi connectivity index (χ4n) is 3.89. The number of carbonyl (C=O) groups excluding carboxylic acids is 1. The third-order valence-electron chi connectivity index (χ3n) is 5.41. The van der Waals surface area contributed by atoms with Crippen LogP contribution < -0.4 is 0 Å². The molecule has 0 radical (unpaired) electrons. The molecule has 6 nitrogen and oxygen atoms in total. The molecule has 6 heteroatoms. The number of hydrogen-bond acceptors (Lipinski definition) is 5. The van der Waals surface area contributed by atoms with Crippen molar-refractivity contribution in [3.8, 4) is 5.75 Å². The topological polar surface area (TPSA) is 87.1 Å². The molecule has 2 aromatic rings. The van der Waals surface area contributed by atoms with Crippen LogP contribution in [0.5, 0.6) is 5.75 Å². The van der Waals surface area contributed by atoms with Gasteiger partial charge in [0, 0.05) is 35.7 Å². The first-order valence-electron chi connectivity index (χ1n) is 10.9. The molecule has 0 aliphatic carbocycles. The van der Waals surface area contributed by atoms with Gasteiger partial charge in [-0.3, -0.25) is 4.90 Å². The lowest BCUT2D eigenvalue weighted by atomic mass is 9.86. The van der Waals surface area contributed by atoms with Crippen LogP contribution in [0.2, 0.25) is 0 Å². The molecule has 0 fully saturated rings. The number of rotatable bonds is 11. The molecule has 2 N–H and O–H groups in total. The summed E-state index contributed by atoms with van der Waals surface area (Å²) >= 11 is 0. The number of carbonyl (C=O) groups is 2. The number of benzene rings is 2. The summed E-state index contributed by atoms with van der Waals surface area (Å²) in [6, 6.07) is 16.0. The largest absolute Gasteiger partial charge is 0.508 e. The molecule has 172 valence electrons. The summed E-state index contributed by atoms with van der Waals surface area (Å²) in [6.45, 7) is 9.59. The predicted octanol–water partition coefficient (Wildman–Crippen LogP) is 4.72. The van der Waals surface area contributed by atoms with Gasteiger partial charge in [-0.15, -0.1) is 0 Å². The first-order chi connectivity index (χ1) is 15.2. The molecule has 1 atom stereocenters. The van der Waals surface area contributed by atoms with E-state index in [1.54, 1.807) is 12.1 Å². The number of aromatic hydroxyl groups is 1. The lowest BCUT2D eigenvalue weighted by Crippen LogP contribution is -2.38. The van der Waals surface area contributed by atoms with Crippen molar-refractivity contribution in [2.24, 2.45) is 0 Å². The number of hydrogen-bond donors (Lipinski definition) is 2. The number of phenols is 1. The zero-order chi connectivity index (χ0) is 23.7. The van der Waals surface area contributed by atoms with Crippen molar-refractivity contribution in [1.82, 2.24) is 4.90 Å². The monoisotopic (exact) mass is 439 g/mol. The molecule has 0 bridgehead atoms. The summed E-state index contributed by atoms with van der Waals surface area (Å²) in [5.41, 5.74) is 2.60. The van der Waals surface area contributed by atoms with Gasteiger partial charge in [-0.1, -0.05) is 36.4 Å². The van der Waals surface area contributed by atoms with Crippen molar-refractivity contribution in [1.29, 1.82) is 0 Å². The number of carboxylic acids is 1. The second-order valence-corrected chi connectivity index (χ2v) is 8.35. The minimum Gasteiger partial charge on any atom is -0.508 e. The molecular formula is C26H33NO5. The summed E-state index contributed by atoms with van der Waals surface area (Å²) < 4.78 is 5.14. The number of phenolic OH excluding ortho intramolecular Hbond substituents is 1. The maximum atomic E-state index is 11.7. The summed E-state index contributed by atoms with van der Waals surface area (Å²) in [6.07, 6.45) is 2.44. The van der Waals surface area contributed by atoms with Gasteiger partial charge in [0.05, 0.1) is 0 Å². The van der Waals surface area contributed by atoms with Crippen LogP contribution in [-0.2, 0) is 20.9 Å². The van der Waals surface area contributed by atoms with Crippen molar-refractivity contribution in [2.45, 2.75) is 58.7 Å². The van der Waals surface area contributed by atoms with E-state index >= 15 is 0 Å². The third-order valence-corrected chi connectivity index (χ3v) is 5.41. The standard InChI is InChI=1S/C26H33NO5/c1-18(2)27(19(3)4)15-14-22(21-8-6-5-7-9-21)23-16-20(10-11-24(23)28)17-32-26(31)13-12-25(29)30/h5-13,16,18-19,22,28H,14-15,17H2,1-4H3,(H,29,30). The fraction of sp³-hybridized carbons (Fsp3) is 0.385. The maximum absolute atomic E-state index is 11.7. The van der Waals surface area contributed by atoms with Crippen LogP contribution in [-0.4, -0.2) is 45.7 Å². The van der Waals surface area contributed by atoms with E-state index in [0.29, 0.717) is 12.1 Å². The highest BCUT2D eigenvalue weighted by Gasteiger charge is 2.21. The molecule has 0 saturated heterocycles. The highest BCUT2D eigenvalue weighted by atomic mass is 16.5. The van der Waals surface area contributed by atoms with Crippen LogP contribution >= 0.6 is 0 Å². The van der Waals surface area contributed by atoms with E-state index < -0.39 is 11.9 Å². The molecule has 32 heavy (non-hydrogen) atoms. The van der Waals surface area contributed by atoms with E-state index in [-0.39, 0.29) is 18.3 Å². The van der Waals surface area contributed by atoms with Gasteiger partial charge < -0.3 is 14.9 Å². The SMILES string of the molecule is CC(C)N(CCC(c1ccccc1)c1cc(COC(=O)C=CC(=O)O)ccc1O)C(C)C. The Morgan fingerprint density at radius 3 is 2.25 bits per heavy atom. The molecule has 0 amide bonds. The summed E-state index contributed by atoms with van der Waals surface area (Å²) in [7, 11) is 0. The number of ether oxygens (including phenoxy) is 1. The van der Waals surface area contributed by atoms with E-state index in [1.165, 1.54) is 0 Å². The van der Waals surface area contributed by atoms with Gasteiger partial charge >= 0.3 is 11.9 Å². The zero-order valence-corrected chi connectivity index (χ0v) is 19.2. The molecule has 0 aliphatic rings. The lowest BCUT2D eigenvalue weighted by molar-refractivity contribution is -0.139. The van der Waals surface area contributed by atoms with Crippen molar-refractivity contribution in [3.05, 3.63) is 77.4 Å². The Balaban J connectivity index is 2.27. The van der Waals surface area contributed by atoms with Gasteiger partial charge in [-0.25, -0.2) is 9.59 Å². The Bertz CT molecular complexity index is 913. The number of nitrogens with zero attached hydrogens (tertiary/aromatic N) is 1. The van der Waals surface area contributed by atoms with Crippen LogP contribution in [0.3, 0.4) is 0 Å². The predicted molar refractivity (Wildman–Crippen MR) is 125 cm³/mol. The Kier molecular flexibility index (Phi) is 9.47. The minimum absolute atomic E-state index is 0.0122. The number of carboxylic acid groups (broad SMARTS) is 1. The Morgan fingerprint density at radius 2 is 1.66 bits per heavy atom. The van der Waals surface area contributed by atoms with E-state index in [2.05, 4.69) is 44.7 Å².